The van der Waals surface area contributed by atoms with Crippen LogP contribution in [0.3, 0.4) is 0 Å². The summed E-state index contributed by atoms with van der Waals surface area (Å²) in [5, 5.41) is 23.3. The molecule has 2 aromatic heterocycles. The first-order valence-corrected chi connectivity index (χ1v) is 9.02. The number of amides is 3. The summed E-state index contributed by atoms with van der Waals surface area (Å²) < 4.78 is 36.7. The Morgan fingerprint density at radius 1 is 1.13 bits per heavy atom. The van der Waals surface area contributed by atoms with E-state index in [-0.39, 0.29) is 17.0 Å². The van der Waals surface area contributed by atoms with Gasteiger partial charge in [0.15, 0.2) is 5.82 Å². The predicted octanol–water partition coefficient (Wildman–Crippen LogP) is 4.03. The Morgan fingerprint density at radius 2 is 1.90 bits per heavy atom. The maximum Gasteiger partial charge on any atom is 0.409 e. The number of nitrogens with zero attached hydrogens (tertiary/aromatic N) is 3. The number of benzene rings is 1. The lowest BCUT2D eigenvalue weighted by atomic mass is 9.98. The number of fused-ring (bicyclic) bond motifs is 1. The Hall–Kier alpha value is -3.96. The minimum absolute atomic E-state index is 0.104. The summed E-state index contributed by atoms with van der Waals surface area (Å²) in [6, 6.07) is 5.41. The molecule has 0 radical (unpaired) electrons. The van der Waals surface area contributed by atoms with E-state index in [1.807, 2.05) is 13.0 Å². The SMILES string of the molecule is CCc1ccncc1-c1cc(NC(=O)O)c2nnc(NC(=O)NCC(F)(F)F)cc2c1. The van der Waals surface area contributed by atoms with Crippen LogP contribution in [0, 0.1) is 0 Å². The second-order valence-corrected chi connectivity index (χ2v) is 6.43. The molecule has 0 saturated heterocycles. The Labute approximate surface area is 173 Å². The van der Waals surface area contributed by atoms with Gasteiger partial charge in [-0.05, 0) is 41.8 Å². The minimum Gasteiger partial charge on any atom is -0.465 e. The van der Waals surface area contributed by atoms with Crippen molar-refractivity contribution in [2.75, 3.05) is 17.2 Å². The van der Waals surface area contributed by atoms with Crippen LogP contribution in [-0.2, 0) is 6.42 Å². The van der Waals surface area contributed by atoms with Crippen molar-refractivity contribution in [3.63, 3.8) is 0 Å². The fourth-order valence-electron chi connectivity index (χ4n) is 2.92. The molecule has 4 N–H and O–H groups in total. The maximum atomic E-state index is 12.2. The Bertz CT molecular complexity index is 1140. The summed E-state index contributed by atoms with van der Waals surface area (Å²) in [4.78, 5) is 27.0. The molecule has 3 aromatic rings. The third-order valence-corrected chi connectivity index (χ3v) is 4.23. The number of hydrogen-bond donors (Lipinski definition) is 4. The van der Waals surface area contributed by atoms with Gasteiger partial charge in [-0.25, -0.2) is 9.59 Å². The molecule has 1 aromatic carbocycles. The van der Waals surface area contributed by atoms with Gasteiger partial charge in [-0.15, -0.1) is 10.2 Å². The van der Waals surface area contributed by atoms with Gasteiger partial charge in [-0.3, -0.25) is 15.6 Å². The summed E-state index contributed by atoms with van der Waals surface area (Å²) in [6.07, 6.45) is -1.87. The molecule has 0 aliphatic carbocycles. The number of carbonyl (C=O) groups excluding carboxylic acids is 1. The monoisotopic (exact) mass is 434 g/mol. The fourth-order valence-corrected chi connectivity index (χ4v) is 2.92. The number of carboxylic acid groups (broad SMARTS) is 1. The average Bonchev–Trinajstić information content (AvgIpc) is 2.71. The lowest BCUT2D eigenvalue weighted by Crippen LogP contribution is -2.36. The first-order valence-electron chi connectivity index (χ1n) is 9.02. The molecular weight excluding hydrogens is 417 g/mol. The van der Waals surface area contributed by atoms with Gasteiger partial charge in [0.2, 0.25) is 0 Å². The molecule has 3 amide bonds. The van der Waals surface area contributed by atoms with E-state index in [1.165, 1.54) is 6.07 Å². The van der Waals surface area contributed by atoms with Crippen LogP contribution in [0.4, 0.5) is 34.3 Å². The molecule has 0 saturated carbocycles. The highest BCUT2D eigenvalue weighted by Crippen LogP contribution is 2.32. The fraction of sp³-hybridized carbons (Fsp3) is 0.211. The number of hydrogen-bond acceptors (Lipinski definition) is 5. The van der Waals surface area contributed by atoms with Gasteiger partial charge in [0.05, 0.1) is 5.69 Å². The van der Waals surface area contributed by atoms with Gasteiger partial charge in [-0.2, -0.15) is 13.2 Å². The zero-order valence-electron chi connectivity index (χ0n) is 16.1. The van der Waals surface area contributed by atoms with E-state index in [4.69, 9.17) is 5.11 Å². The van der Waals surface area contributed by atoms with Crippen LogP contribution in [0.5, 0.6) is 0 Å². The lowest BCUT2D eigenvalue weighted by molar-refractivity contribution is -0.122. The van der Waals surface area contributed by atoms with E-state index < -0.39 is 24.8 Å². The molecule has 0 aliphatic heterocycles. The van der Waals surface area contributed by atoms with Crippen molar-refractivity contribution in [2.45, 2.75) is 19.5 Å². The molecule has 0 unspecified atom stereocenters. The molecule has 3 rings (SSSR count). The number of anilines is 2. The predicted molar refractivity (Wildman–Crippen MR) is 107 cm³/mol. The molecule has 31 heavy (non-hydrogen) atoms. The quantitative estimate of drug-likeness (QED) is 0.480. The van der Waals surface area contributed by atoms with Crippen LogP contribution >= 0.6 is 0 Å². The van der Waals surface area contributed by atoms with Crippen LogP contribution in [0.1, 0.15) is 12.5 Å². The van der Waals surface area contributed by atoms with Gasteiger partial charge in [0.1, 0.15) is 12.1 Å². The normalized spacial score (nSPS) is 11.2. The van der Waals surface area contributed by atoms with Crippen molar-refractivity contribution < 1.29 is 27.9 Å². The molecule has 0 atom stereocenters. The number of halogens is 3. The minimum atomic E-state index is -4.56. The molecule has 0 aliphatic rings. The van der Waals surface area contributed by atoms with E-state index in [9.17, 15) is 22.8 Å². The summed E-state index contributed by atoms with van der Waals surface area (Å²) in [7, 11) is 0. The Kier molecular flexibility index (Phi) is 6.18. The highest BCUT2D eigenvalue weighted by molar-refractivity contribution is 6.01. The number of aryl methyl sites for hydroxylation is 1. The van der Waals surface area contributed by atoms with Crippen LogP contribution < -0.4 is 16.0 Å². The maximum absolute atomic E-state index is 12.2. The van der Waals surface area contributed by atoms with E-state index in [0.29, 0.717) is 17.4 Å². The highest BCUT2D eigenvalue weighted by atomic mass is 19.4. The smallest absolute Gasteiger partial charge is 0.409 e. The third kappa shape index (κ3) is 5.56. The first-order chi connectivity index (χ1) is 14.7. The van der Waals surface area contributed by atoms with Gasteiger partial charge < -0.3 is 10.4 Å². The van der Waals surface area contributed by atoms with Gasteiger partial charge in [0.25, 0.3) is 0 Å². The number of urea groups is 1. The number of carbonyl (C=O) groups is 2. The number of nitrogens with one attached hydrogen (secondary N) is 3. The van der Waals surface area contributed by atoms with E-state index in [1.54, 1.807) is 29.8 Å². The molecule has 0 fully saturated rings. The summed E-state index contributed by atoms with van der Waals surface area (Å²) in [6.45, 7) is 0.459. The number of aromatic nitrogens is 3. The first kappa shape index (κ1) is 21.7. The molecule has 9 nitrogen and oxygen atoms in total. The van der Waals surface area contributed by atoms with Crippen molar-refractivity contribution >= 4 is 34.5 Å². The number of pyridine rings is 1. The van der Waals surface area contributed by atoms with Crippen molar-refractivity contribution in [2.24, 2.45) is 0 Å². The van der Waals surface area contributed by atoms with Crippen LogP contribution in [0.15, 0.2) is 36.7 Å². The Morgan fingerprint density at radius 3 is 2.58 bits per heavy atom. The molecule has 0 bridgehead atoms. The van der Waals surface area contributed by atoms with Crippen LogP contribution in [0.25, 0.3) is 22.0 Å². The van der Waals surface area contributed by atoms with Crippen molar-refractivity contribution in [3.8, 4) is 11.1 Å². The molecule has 0 spiro atoms. The standard InChI is InChI=1S/C19H17F3N6O3/c1-2-10-3-4-23-8-13(10)11-5-12-7-15(26-17(29)24-9-19(20,21)22)27-28-16(12)14(6-11)25-18(30)31/h3-8,25H,2,9H2,1H3,(H,30,31)(H2,24,26,27,29). The zero-order chi connectivity index (χ0) is 22.6. The van der Waals surface area contributed by atoms with Crippen molar-refractivity contribution in [3.05, 3.63) is 42.2 Å². The van der Waals surface area contributed by atoms with Crippen molar-refractivity contribution in [1.82, 2.24) is 20.5 Å². The van der Waals surface area contributed by atoms with Crippen LogP contribution in [-0.4, -0.2) is 45.1 Å². The average molecular weight is 434 g/mol. The van der Waals surface area contributed by atoms with Crippen molar-refractivity contribution in [1.29, 1.82) is 0 Å². The highest BCUT2D eigenvalue weighted by Gasteiger charge is 2.27. The topological polar surface area (TPSA) is 129 Å². The molecule has 162 valence electrons. The number of rotatable bonds is 5. The lowest BCUT2D eigenvalue weighted by Gasteiger charge is -2.13. The van der Waals surface area contributed by atoms with E-state index >= 15 is 0 Å². The zero-order valence-corrected chi connectivity index (χ0v) is 16.1. The van der Waals surface area contributed by atoms with Crippen LogP contribution in [0.2, 0.25) is 0 Å². The number of alkyl halides is 3. The molecule has 2 heterocycles. The van der Waals surface area contributed by atoms with Gasteiger partial charge >= 0.3 is 18.3 Å². The third-order valence-electron chi connectivity index (χ3n) is 4.23. The second-order valence-electron chi connectivity index (χ2n) is 6.43. The van der Waals surface area contributed by atoms with Gasteiger partial charge in [-0.1, -0.05) is 6.92 Å². The largest absolute Gasteiger partial charge is 0.465 e. The van der Waals surface area contributed by atoms with E-state index in [0.717, 1.165) is 11.1 Å². The van der Waals surface area contributed by atoms with E-state index in [2.05, 4.69) is 25.8 Å². The Balaban J connectivity index is 2.01. The second kappa shape index (κ2) is 8.81. The summed E-state index contributed by atoms with van der Waals surface area (Å²) >= 11 is 0. The van der Waals surface area contributed by atoms with Gasteiger partial charge in [0, 0.05) is 23.3 Å². The summed E-state index contributed by atoms with van der Waals surface area (Å²) in [5.41, 5.74) is 2.75. The molecular formula is C19H17F3N6O3. The summed E-state index contributed by atoms with van der Waals surface area (Å²) in [5.74, 6) is -0.104. The molecule has 12 heteroatoms.